The van der Waals surface area contributed by atoms with Gasteiger partial charge in [-0.05, 0) is 19.3 Å². The molecule has 3 N–H and O–H groups in total. The van der Waals surface area contributed by atoms with E-state index in [1.165, 1.54) is 0 Å². The summed E-state index contributed by atoms with van der Waals surface area (Å²) in [4.78, 5) is 13.5. The van der Waals surface area contributed by atoms with Crippen LogP contribution >= 0.6 is 0 Å². The normalized spacial score (nSPS) is 23.9. The average Bonchev–Trinajstić information content (AvgIpc) is 2.64. The number of likely N-dealkylation sites (tertiary alicyclic amines) is 1. The van der Waals surface area contributed by atoms with Crippen molar-refractivity contribution < 1.29 is 9.90 Å². The standard InChI is InChI=1S/C10H20N2O2/c1-2-4-9(11)10(14)12-6-3-5-8(12)7-13/h8-9,13H,2-7,11H2,1H3/t8-,9+/m1/s1. The van der Waals surface area contributed by atoms with Crippen molar-refractivity contribution in [3.63, 3.8) is 0 Å². The third-order valence-corrected chi connectivity index (χ3v) is 2.79. The second-order valence-corrected chi connectivity index (χ2v) is 3.91. The van der Waals surface area contributed by atoms with Gasteiger partial charge in [0.25, 0.3) is 0 Å². The van der Waals surface area contributed by atoms with Crippen LogP contribution in [0.2, 0.25) is 0 Å². The van der Waals surface area contributed by atoms with Crippen LogP contribution < -0.4 is 5.73 Å². The lowest BCUT2D eigenvalue weighted by molar-refractivity contribution is -0.134. The quantitative estimate of drug-likeness (QED) is 0.676. The lowest BCUT2D eigenvalue weighted by Crippen LogP contribution is -2.46. The van der Waals surface area contributed by atoms with E-state index < -0.39 is 0 Å². The van der Waals surface area contributed by atoms with Gasteiger partial charge < -0.3 is 15.7 Å². The second kappa shape index (κ2) is 5.32. The number of amides is 1. The van der Waals surface area contributed by atoms with Crippen molar-refractivity contribution in [2.45, 2.75) is 44.7 Å². The van der Waals surface area contributed by atoms with Crippen LogP contribution in [0.1, 0.15) is 32.6 Å². The third-order valence-electron chi connectivity index (χ3n) is 2.79. The number of nitrogens with zero attached hydrogens (tertiary/aromatic N) is 1. The molecule has 0 aromatic heterocycles. The summed E-state index contributed by atoms with van der Waals surface area (Å²) in [6.45, 7) is 2.83. The molecule has 1 saturated heterocycles. The van der Waals surface area contributed by atoms with E-state index in [2.05, 4.69) is 0 Å². The van der Waals surface area contributed by atoms with Gasteiger partial charge in [-0.3, -0.25) is 4.79 Å². The van der Waals surface area contributed by atoms with Gasteiger partial charge in [0.05, 0.1) is 18.7 Å². The number of aliphatic hydroxyl groups is 1. The van der Waals surface area contributed by atoms with Crippen molar-refractivity contribution in [1.82, 2.24) is 4.90 Å². The van der Waals surface area contributed by atoms with E-state index in [0.717, 1.165) is 32.2 Å². The molecule has 0 spiro atoms. The van der Waals surface area contributed by atoms with Gasteiger partial charge in [0.1, 0.15) is 0 Å². The summed E-state index contributed by atoms with van der Waals surface area (Å²) < 4.78 is 0. The van der Waals surface area contributed by atoms with E-state index in [1.54, 1.807) is 4.90 Å². The van der Waals surface area contributed by atoms with Crippen molar-refractivity contribution in [2.24, 2.45) is 5.73 Å². The van der Waals surface area contributed by atoms with Crippen LogP contribution in [0.3, 0.4) is 0 Å². The fraction of sp³-hybridized carbons (Fsp3) is 0.900. The molecule has 1 aliphatic rings. The maximum absolute atomic E-state index is 11.8. The summed E-state index contributed by atoms with van der Waals surface area (Å²) in [7, 11) is 0. The van der Waals surface area contributed by atoms with Crippen LogP contribution in [0.4, 0.5) is 0 Å². The van der Waals surface area contributed by atoms with E-state index in [1.807, 2.05) is 6.92 Å². The Labute approximate surface area is 85.1 Å². The predicted molar refractivity (Wildman–Crippen MR) is 54.7 cm³/mol. The van der Waals surface area contributed by atoms with E-state index in [-0.39, 0.29) is 24.6 Å². The van der Waals surface area contributed by atoms with Gasteiger partial charge in [-0.15, -0.1) is 0 Å². The largest absolute Gasteiger partial charge is 0.394 e. The number of hydrogen-bond donors (Lipinski definition) is 2. The van der Waals surface area contributed by atoms with Gasteiger partial charge in [0.2, 0.25) is 5.91 Å². The molecule has 0 bridgehead atoms. The summed E-state index contributed by atoms with van der Waals surface area (Å²) in [5.41, 5.74) is 5.75. The molecular formula is C10H20N2O2. The molecule has 0 radical (unpaired) electrons. The maximum atomic E-state index is 11.8. The average molecular weight is 200 g/mol. The van der Waals surface area contributed by atoms with Gasteiger partial charge in [-0.1, -0.05) is 13.3 Å². The maximum Gasteiger partial charge on any atom is 0.239 e. The Morgan fingerprint density at radius 2 is 2.43 bits per heavy atom. The van der Waals surface area contributed by atoms with Gasteiger partial charge in [-0.2, -0.15) is 0 Å². The molecule has 1 heterocycles. The first-order valence-electron chi connectivity index (χ1n) is 5.37. The van der Waals surface area contributed by atoms with Crippen LogP contribution in [0.25, 0.3) is 0 Å². The molecule has 0 saturated carbocycles. The summed E-state index contributed by atoms with van der Waals surface area (Å²) in [6, 6.07) is -0.377. The molecule has 1 amide bonds. The summed E-state index contributed by atoms with van der Waals surface area (Å²) in [5.74, 6) is 0.00315. The molecule has 1 rings (SSSR count). The highest BCUT2D eigenvalue weighted by atomic mass is 16.3. The minimum atomic E-state index is -0.382. The van der Waals surface area contributed by atoms with E-state index in [4.69, 9.17) is 10.8 Å². The Morgan fingerprint density at radius 1 is 1.71 bits per heavy atom. The van der Waals surface area contributed by atoms with E-state index in [0.29, 0.717) is 0 Å². The topological polar surface area (TPSA) is 66.6 Å². The Balaban J connectivity index is 2.50. The minimum Gasteiger partial charge on any atom is -0.394 e. The van der Waals surface area contributed by atoms with Crippen molar-refractivity contribution in [2.75, 3.05) is 13.2 Å². The number of hydrogen-bond acceptors (Lipinski definition) is 3. The molecule has 14 heavy (non-hydrogen) atoms. The highest BCUT2D eigenvalue weighted by Gasteiger charge is 2.30. The number of aliphatic hydroxyl groups excluding tert-OH is 1. The monoisotopic (exact) mass is 200 g/mol. The lowest BCUT2D eigenvalue weighted by atomic mass is 10.1. The highest BCUT2D eigenvalue weighted by molar-refractivity contribution is 5.82. The molecular weight excluding hydrogens is 180 g/mol. The first-order chi connectivity index (χ1) is 6.70. The zero-order valence-electron chi connectivity index (χ0n) is 8.78. The highest BCUT2D eigenvalue weighted by Crippen LogP contribution is 2.18. The van der Waals surface area contributed by atoms with Gasteiger partial charge in [-0.25, -0.2) is 0 Å². The molecule has 82 valence electrons. The molecule has 4 nitrogen and oxygen atoms in total. The molecule has 4 heteroatoms. The number of carbonyl (C=O) groups excluding carboxylic acids is 1. The zero-order valence-corrected chi connectivity index (χ0v) is 8.78. The fourth-order valence-electron chi connectivity index (χ4n) is 1.96. The Kier molecular flexibility index (Phi) is 4.35. The molecule has 1 aliphatic heterocycles. The summed E-state index contributed by atoms with van der Waals surface area (Å²) in [5, 5.41) is 9.06. The molecule has 0 aromatic carbocycles. The predicted octanol–water partition coefficient (Wildman–Crippen LogP) is 0.0971. The minimum absolute atomic E-state index is 0.00315. The smallest absolute Gasteiger partial charge is 0.239 e. The van der Waals surface area contributed by atoms with Gasteiger partial charge in [0, 0.05) is 6.54 Å². The van der Waals surface area contributed by atoms with Crippen LogP contribution in [-0.2, 0) is 4.79 Å². The Bertz CT molecular complexity index is 197. The third kappa shape index (κ3) is 2.45. The number of rotatable bonds is 4. The van der Waals surface area contributed by atoms with E-state index in [9.17, 15) is 4.79 Å². The van der Waals surface area contributed by atoms with Crippen molar-refractivity contribution in [3.8, 4) is 0 Å². The molecule has 0 unspecified atom stereocenters. The van der Waals surface area contributed by atoms with Crippen molar-refractivity contribution in [1.29, 1.82) is 0 Å². The molecule has 0 aliphatic carbocycles. The zero-order chi connectivity index (χ0) is 10.6. The lowest BCUT2D eigenvalue weighted by Gasteiger charge is -2.25. The number of nitrogens with two attached hydrogens (primary N) is 1. The van der Waals surface area contributed by atoms with Crippen molar-refractivity contribution >= 4 is 5.91 Å². The molecule has 1 fully saturated rings. The van der Waals surface area contributed by atoms with Crippen LogP contribution in [-0.4, -0.2) is 41.1 Å². The first-order valence-corrected chi connectivity index (χ1v) is 5.37. The van der Waals surface area contributed by atoms with Crippen LogP contribution in [0.15, 0.2) is 0 Å². The van der Waals surface area contributed by atoms with Crippen LogP contribution in [0.5, 0.6) is 0 Å². The molecule has 0 aromatic rings. The molecule has 2 atom stereocenters. The fourth-order valence-corrected chi connectivity index (χ4v) is 1.96. The first kappa shape index (κ1) is 11.5. The second-order valence-electron chi connectivity index (χ2n) is 3.91. The van der Waals surface area contributed by atoms with Gasteiger partial charge >= 0.3 is 0 Å². The van der Waals surface area contributed by atoms with Crippen molar-refractivity contribution in [3.05, 3.63) is 0 Å². The number of carbonyl (C=O) groups is 1. The van der Waals surface area contributed by atoms with E-state index >= 15 is 0 Å². The Morgan fingerprint density at radius 3 is 3.00 bits per heavy atom. The summed E-state index contributed by atoms with van der Waals surface area (Å²) >= 11 is 0. The Hall–Kier alpha value is -0.610. The SMILES string of the molecule is CCC[C@H](N)C(=O)N1CCC[C@@H]1CO. The van der Waals surface area contributed by atoms with Crippen LogP contribution in [0, 0.1) is 0 Å². The van der Waals surface area contributed by atoms with Gasteiger partial charge in [0.15, 0.2) is 0 Å². The summed E-state index contributed by atoms with van der Waals surface area (Å²) in [6.07, 6.45) is 3.54.